The van der Waals surface area contributed by atoms with E-state index in [0.29, 0.717) is 11.8 Å². The number of likely N-dealkylation sites (tertiary alicyclic amines) is 1. The van der Waals surface area contributed by atoms with Gasteiger partial charge in [-0.25, -0.2) is 0 Å². The molecule has 2 nitrogen and oxygen atoms in total. The van der Waals surface area contributed by atoms with Crippen LogP contribution in [0, 0.1) is 5.92 Å². The molecule has 0 saturated carbocycles. The van der Waals surface area contributed by atoms with Gasteiger partial charge in [0.25, 0.3) is 5.91 Å². The average Bonchev–Trinajstić information content (AvgIpc) is 2.38. The fourth-order valence-corrected chi connectivity index (χ4v) is 2.57. The van der Waals surface area contributed by atoms with Crippen LogP contribution in [0.1, 0.15) is 55.5 Å². The Labute approximate surface area is 110 Å². The van der Waals surface area contributed by atoms with Crippen LogP contribution >= 0.6 is 0 Å². The Morgan fingerprint density at radius 1 is 1.28 bits per heavy atom. The van der Waals surface area contributed by atoms with Gasteiger partial charge in [-0.3, -0.25) is 4.79 Å². The number of piperidine rings is 1. The predicted octanol–water partition coefficient (Wildman–Crippen LogP) is 3.68. The molecule has 1 amide bonds. The van der Waals surface area contributed by atoms with E-state index in [-0.39, 0.29) is 5.91 Å². The van der Waals surface area contributed by atoms with Crippen molar-refractivity contribution in [3.8, 4) is 0 Å². The van der Waals surface area contributed by atoms with E-state index in [9.17, 15) is 4.79 Å². The second-order valence-corrected chi connectivity index (χ2v) is 5.78. The summed E-state index contributed by atoms with van der Waals surface area (Å²) < 4.78 is 0. The zero-order valence-electron chi connectivity index (χ0n) is 11.6. The first-order valence-electron chi connectivity index (χ1n) is 6.97. The number of hydrogen-bond acceptors (Lipinski definition) is 1. The van der Waals surface area contributed by atoms with Crippen LogP contribution in [0.15, 0.2) is 24.3 Å². The highest BCUT2D eigenvalue weighted by molar-refractivity contribution is 5.94. The summed E-state index contributed by atoms with van der Waals surface area (Å²) in [7, 11) is 0. The van der Waals surface area contributed by atoms with Gasteiger partial charge in [-0.1, -0.05) is 32.9 Å². The topological polar surface area (TPSA) is 20.3 Å². The van der Waals surface area contributed by atoms with Gasteiger partial charge >= 0.3 is 0 Å². The van der Waals surface area contributed by atoms with Gasteiger partial charge in [0.05, 0.1) is 0 Å². The average molecular weight is 245 g/mol. The monoisotopic (exact) mass is 245 g/mol. The maximum absolute atomic E-state index is 12.4. The Morgan fingerprint density at radius 2 is 1.94 bits per heavy atom. The zero-order chi connectivity index (χ0) is 13.1. The molecule has 0 aromatic heterocycles. The Balaban J connectivity index is 2.08. The first-order valence-corrected chi connectivity index (χ1v) is 6.97. The van der Waals surface area contributed by atoms with Crippen molar-refractivity contribution in [2.24, 2.45) is 5.92 Å². The molecule has 0 radical (unpaired) electrons. The lowest BCUT2D eigenvalue weighted by atomic mass is 9.98. The molecule has 1 aromatic rings. The third kappa shape index (κ3) is 2.92. The third-order valence-electron chi connectivity index (χ3n) is 3.77. The van der Waals surface area contributed by atoms with E-state index in [0.717, 1.165) is 25.1 Å². The summed E-state index contributed by atoms with van der Waals surface area (Å²) in [6.07, 6.45) is 2.38. The normalized spacial score (nSPS) is 20.2. The SMILES string of the molecule is CC(C)c1ccc(C(=O)N2CCC[C@@H](C)C2)cc1. The van der Waals surface area contributed by atoms with Crippen molar-refractivity contribution in [2.75, 3.05) is 13.1 Å². The van der Waals surface area contributed by atoms with Gasteiger partial charge in [-0.15, -0.1) is 0 Å². The van der Waals surface area contributed by atoms with Gasteiger partial charge in [0.15, 0.2) is 0 Å². The van der Waals surface area contributed by atoms with Crippen molar-refractivity contribution in [3.05, 3.63) is 35.4 Å². The van der Waals surface area contributed by atoms with Crippen molar-refractivity contribution in [2.45, 2.75) is 39.5 Å². The van der Waals surface area contributed by atoms with Crippen molar-refractivity contribution in [3.63, 3.8) is 0 Å². The molecule has 0 spiro atoms. The van der Waals surface area contributed by atoms with E-state index < -0.39 is 0 Å². The molecule has 0 unspecified atom stereocenters. The van der Waals surface area contributed by atoms with Crippen LogP contribution in [0.4, 0.5) is 0 Å². The van der Waals surface area contributed by atoms with Gasteiger partial charge in [0.2, 0.25) is 0 Å². The Kier molecular flexibility index (Phi) is 4.05. The van der Waals surface area contributed by atoms with Gasteiger partial charge in [-0.2, -0.15) is 0 Å². The van der Waals surface area contributed by atoms with E-state index >= 15 is 0 Å². The minimum atomic E-state index is 0.192. The fourth-order valence-electron chi connectivity index (χ4n) is 2.57. The molecule has 1 aliphatic rings. The fraction of sp³-hybridized carbons (Fsp3) is 0.562. The van der Waals surface area contributed by atoms with Crippen LogP contribution in [0.2, 0.25) is 0 Å². The largest absolute Gasteiger partial charge is 0.338 e. The quantitative estimate of drug-likeness (QED) is 0.778. The molecule has 1 saturated heterocycles. The molecule has 98 valence electrons. The number of carbonyl (C=O) groups is 1. The molecule has 1 fully saturated rings. The lowest BCUT2D eigenvalue weighted by Crippen LogP contribution is -2.39. The number of hydrogen-bond donors (Lipinski definition) is 0. The van der Waals surface area contributed by atoms with E-state index in [1.165, 1.54) is 12.0 Å². The molecule has 1 aromatic carbocycles. The molecule has 1 aliphatic heterocycles. The van der Waals surface area contributed by atoms with Crippen LogP contribution in [0.5, 0.6) is 0 Å². The van der Waals surface area contributed by atoms with Crippen molar-refractivity contribution >= 4 is 5.91 Å². The van der Waals surface area contributed by atoms with Gasteiger partial charge < -0.3 is 4.90 Å². The summed E-state index contributed by atoms with van der Waals surface area (Å²) in [6.45, 7) is 8.38. The van der Waals surface area contributed by atoms with Crippen LogP contribution in [-0.4, -0.2) is 23.9 Å². The highest BCUT2D eigenvalue weighted by Gasteiger charge is 2.21. The minimum Gasteiger partial charge on any atom is -0.338 e. The summed E-state index contributed by atoms with van der Waals surface area (Å²) in [5.74, 6) is 1.35. The second kappa shape index (κ2) is 5.55. The number of amides is 1. The van der Waals surface area contributed by atoms with Crippen molar-refractivity contribution in [1.82, 2.24) is 4.90 Å². The van der Waals surface area contributed by atoms with E-state index in [4.69, 9.17) is 0 Å². The maximum Gasteiger partial charge on any atom is 0.253 e. The molecular formula is C16H23NO. The Hall–Kier alpha value is -1.31. The zero-order valence-corrected chi connectivity index (χ0v) is 11.6. The molecule has 0 aliphatic carbocycles. The first kappa shape index (κ1) is 13.1. The van der Waals surface area contributed by atoms with Crippen LogP contribution < -0.4 is 0 Å². The molecule has 0 N–H and O–H groups in total. The molecule has 1 heterocycles. The second-order valence-electron chi connectivity index (χ2n) is 5.78. The van der Waals surface area contributed by atoms with Crippen molar-refractivity contribution < 1.29 is 4.79 Å². The number of nitrogens with zero attached hydrogens (tertiary/aromatic N) is 1. The van der Waals surface area contributed by atoms with E-state index in [2.05, 4.69) is 32.9 Å². The molecule has 18 heavy (non-hydrogen) atoms. The summed E-state index contributed by atoms with van der Waals surface area (Å²) >= 11 is 0. The van der Waals surface area contributed by atoms with Crippen LogP contribution in [0.3, 0.4) is 0 Å². The number of carbonyl (C=O) groups excluding carboxylic acids is 1. The lowest BCUT2D eigenvalue weighted by molar-refractivity contribution is 0.0683. The van der Waals surface area contributed by atoms with E-state index in [1.807, 2.05) is 17.0 Å². The smallest absolute Gasteiger partial charge is 0.253 e. The molecule has 0 bridgehead atoms. The van der Waals surface area contributed by atoms with Gasteiger partial charge in [0, 0.05) is 18.7 Å². The van der Waals surface area contributed by atoms with Gasteiger partial charge in [-0.05, 0) is 42.4 Å². The van der Waals surface area contributed by atoms with Crippen LogP contribution in [0.25, 0.3) is 0 Å². The molecule has 2 heteroatoms. The first-order chi connectivity index (χ1) is 8.58. The molecular weight excluding hydrogens is 222 g/mol. The number of rotatable bonds is 2. The molecule has 2 rings (SSSR count). The van der Waals surface area contributed by atoms with Gasteiger partial charge in [0.1, 0.15) is 0 Å². The summed E-state index contributed by atoms with van der Waals surface area (Å²) in [5.41, 5.74) is 2.12. The van der Waals surface area contributed by atoms with Crippen LogP contribution in [-0.2, 0) is 0 Å². The lowest BCUT2D eigenvalue weighted by Gasteiger charge is -2.31. The Bertz CT molecular complexity index is 408. The summed E-state index contributed by atoms with van der Waals surface area (Å²) in [4.78, 5) is 14.4. The predicted molar refractivity (Wildman–Crippen MR) is 74.8 cm³/mol. The third-order valence-corrected chi connectivity index (χ3v) is 3.77. The Morgan fingerprint density at radius 3 is 2.50 bits per heavy atom. The number of benzene rings is 1. The highest BCUT2D eigenvalue weighted by atomic mass is 16.2. The minimum absolute atomic E-state index is 0.192. The summed E-state index contributed by atoms with van der Waals surface area (Å²) in [6, 6.07) is 8.09. The van der Waals surface area contributed by atoms with E-state index in [1.54, 1.807) is 0 Å². The standard InChI is InChI=1S/C16H23NO/c1-12(2)14-6-8-15(9-7-14)16(18)17-10-4-5-13(3)11-17/h6-9,12-13H,4-5,10-11H2,1-3H3/t13-/m1/s1. The maximum atomic E-state index is 12.4. The van der Waals surface area contributed by atoms with Crippen molar-refractivity contribution in [1.29, 1.82) is 0 Å². The summed E-state index contributed by atoms with van der Waals surface area (Å²) in [5, 5.41) is 0. The molecule has 1 atom stereocenters. The highest BCUT2D eigenvalue weighted by Crippen LogP contribution is 2.19.